The number of anilines is 2. The SMILES string of the molecule is CCN(CC)CCCC(C)Nc1cnc(C(=O)Nc2cc(Cl)cc3cccnc23)cn1. The molecule has 0 aliphatic carbocycles. The van der Waals surface area contributed by atoms with Crippen molar-refractivity contribution < 1.29 is 4.79 Å². The third-order valence-corrected chi connectivity index (χ3v) is 5.42. The molecule has 0 saturated carbocycles. The maximum absolute atomic E-state index is 12.7. The van der Waals surface area contributed by atoms with Gasteiger partial charge in [-0.2, -0.15) is 0 Å². The van der Waals surface area contributed by atoms with Gasteiger partial charge in [-0.15, -0.1) is 0 Å². The molecule has 164 valence electrons. The van der Waals surface area contributed by atoms with E-state index in [9.17, 15) is 4.79 Å². The zero-order valence-corrected chi connectivity index (χ0v) is 19.0. The third kappa shape index (κ3) is 6.35. The van der Waals surface area contributed by atoms with Crippen LogP contribution >= 0.6 is 11.6 Å². The number of benzene rings is 1. The summed E-state index contributed by atoms with van der Waals surface area (Å²) >= 11 is 6.17. The van der Waals surface area contributed by atoms with Crippen LogP contribution in [-0.4, -0.2) is 51.4 Å². The highest BCUT2D eigenvalue weighted by Crippen LogP contribution is 2.26. The molecule has 3 rings (SSSR count). The Morgan fingerprint density at radius 1 is 1.16 bits per heavy atom. The normalized spacial score (nSPS) is 12.2. The molecule has 0 saturated heterocycles. The highest BCUT2D eigenvalue weighted by atomic mass is 35.5. The molecule has 3 aromatic rings. The summed E-state index contributed by atoms with van der Waals surface area (Å²) in [5.41, 5.74) is 1.44. The Labute approximate surface area is 188 Å². The molecule has 2 heterocycles. The first-order chi connectivity index (χ1) is 15.0. The van der Waals surface area contributed by atoms with E-state index in [0.717, 1.165) is 37.9 Å². The first-order valence-electron chi connectivity index (χ1n) is 10.7. The molecule has 31 heavy (non-hydrogen) atoms. The van der Waals surface area contributed by atoms with Gasteiger partial charge in [0.05, 0.1) is 23.6 Å². The molecule has 0 aliphatic heterocycles. The zero-order valence-electron chi connectivity index (χ0n) is 18.2. The smallest absolute Gasteiger partial charge is 0.275 e. The van der Waals surface area contributed by atoms with Crippen LogP contribution in [0.15, 0.2) is 42.9 Å². The van der Waals surface area contributed by atoms with Gasteiger partial charge in [-0.1, -0.05) is 31.5 Å². The molecule has 7 nitrogen and oxygen atoms in total. The van der Waals surface area contributed by atoms with Crippen LogP contribution in [-0.2, 0) is 0 Å². The number of hydrogen-bond acceptors (Lipinski definition) is 6. The minimum absolute atomic E-state index is 0.226. The summed E-state index contributed by atoms with van der Waals surface area (Å²) in [6, 6.07) is 7.48. The van der Waals surface area contributed by atoms with Crippen LogP contribution < -0.4 is 10.6 Å². The second-order valence-corrected chi connectivity index (χ2v) is 7.92. The largest absolute Gasteiger partial charge is 0.366 e. The van der Waals surface area contributed by atoms with Crippen LogP contribution in [0.3, 0.4) is 0 Å². The lowest BCUT2D eigenvalue weighted by molar-refractivity contribution is 0.102. The Balaban J connectivity index is 1.58. The van der Waals surface area contributed by atoms with Crippen molar-refractivity contribution in [1.82, 2.24) is 19.9 Å². The number of rotatable bonds is 10. The molecule has 0 radical (unpaired) electrons. The number of amides is 1. The van der Waals surface area contributed by atoms with Gasteiger partial charge in [-0.3, -0.25) is 9.78 Å². The number of carbonyl (C=O) groups excluding carboxylic acids is 1. The molecule has 1 atom stereocenters. The first kappa shape index (κ1) is 22.9. The molecule has 2 N–H and O–H groups in total. The van der Waals surface area contributed by atoms with E-state index < -0.39 is 0 Å². The summed E-state index contributed by atoms with van der Waals surface area (Å²) in [6.45, 7) is 9.75. The van der Waals surface area contributed by atoms with Gasteiger partial charge < -0.3 is 15.5 Å². The van der Waals surface area contributed by atoms with Crippen molar-refractivity contribution in [2.45, 2.75) is 39.7 Å². The Morgan fingerprint density at radius 2 is 1.97 bits per heavy atom. The fourth-order valence-electron chi connectivity index (χ4n) is 3.44. The fourth-order valence-corrected chi connectivity index (χ4v) is 3.67. The molecule has 1 unspecified atom stereocenters. The molecule has 8 heteroatoms. The van der Waals surface area contributed by atoms with Gasteiger partial charge in [0.15, 0.2) is 0 Å². The molecule has 2 aromatic heterocycles. The van der Waals surface area contributed by atoms with Gasteiger partial charge in [-0.05, 0) is 57.6 Å². The van der Waals surface area contributed by atoms with Crippen LogP contribution in [0.5, 0.6) is 0 Å². The molecule has 0 bridgehead atoms. The predicted octanol–water partition coefficient (Wildman–Crippen LogP) is 4.85. The van der Waals surface area contributed by atoms with Crippen LogP contribution in [0.25, 0.3) is 10.9 Å². The number of halogens is 1. The van der Waals surface area contributed by atoms with Crippen molar-refractivity contribution in [2.24, 2.45) is 0 Å². The summed E-state index contributed by atoms with van der Waals surface area (Å²) in [5, 5.41) is 7.56. The lowest BCUT2D eigenvalue weighted by Gasteiger charge is -2.20. The number of fused-ring (bicyclic) bond motifs is 1. The predicted molar refractivity (Wildman–Crippen MR) is 127 cm³/mol. The summed E-state index contributed by atoms with van der Waals surface area (Å²) in [7, 11) is 0. The van der Waals surface area contributed by atoms with E-state index >= 15 is 0 Å². The van der Waals surface area contributed by atoms with Gasteiger partial charge in [-0.25, -0.2) is 9.97 Å². The number of pyridine rings is 1. The van der Waals surface area contributed by atoms with Crippen LogP contribution in [0.1, 0.15) is 44.1 Å². The van der Waals surface area contributed by atoms with Gasteiger partial charge in [0.25, 0.3) is 5.91 Å². The summed E-state index contributed by atoms with van der Waals surface area (Å²) in [4.78, 5) is 28.0. The summed E-state index contributed by atoms with van der Waals surface area (Å²) in [6.07, 6.45) is 6.89. The minimum atomic E-state index is -0.361. The van der Waals surface area contributed by atoms with E-state index in [1.165, 1.54) is 6.20 Å². The second kappa shape index (κ2) is 11.0. The van der Waals surface area contributed by atoms with Crippen molar-refractivity contribution in [2.75, 3.05) is 30.3 Å². The van der Waals surface area contributed by atoms with Gasteiger partial charge in [0.1, 0.15) is 11.5 Å². The number of carbonyl (C=O) groups is 1. The molecule has 0 aliphatic rings. The molecule has 1 aromatic carbocycles. The maximum Gasteiger partial charge on any atom is 0.275 e. The monoisotopic (exact) mass is 440 g/mol. The van der Waals surface area contributed by atoms with Crippen LogP contribution in [0, 0.1) is 0 Å². The molecular weight excluding hydrogens is 412 g/mol. The second-order valence-electron chi connectivity index (χ2n) is 7.48. The minimum Gasteiger partial charge on any atom is -0.366 e. The van der Waals surface area contributed by atoms with Crippen molar-refractivity contribution in [1.29, 1.82) is 0 Å². The lowest BCUT2D eigenvalue weighted by atomic mass is 10.1. The van der Waals surface area contributed by atoms with Crippen molar-refractivity contribution in [3.05, 3.63) is 53.6 Å². The summed E-state index contributed by atoms with van der Waals surface area (Å²) in [5.74, 6) is 0.294. The topological polar surface area (TPSA) is 83.0 Å². The average Bonchev–Trinajstić information content (AvgIpc) is 2.77. The van der Waals surface area contributed by atoms with Crippen molar-refractivity contribution in [3.8, 4) is 0 Å². The van der Waals surface area contributed by atoms with Crippen molar-refractivity contribution >= 4 is 39.9 Å². The fraction of sp³-hybridized carbons (Fsp3) is 0.391. The molecule has 1 amide bonds. The van der Waals surface area contributed by atoms with Gasteiger partial charge in [0.2, 0.25) is 0 Å². The van der Waals surface area contributed by atoms with Gasteiger partial charge >= 0.3 is 0 Å². The Morgan fingerprint density at radius 3 is 2.68 bits per heavy atom. The van der Waals surface area contributed by atoms with E-state index in [0.29, 0.717) is 22.0 Å². The Kier molecular flexibility index (Phi) is 8.14. The van der Waals surface area contributed by atoms with Crippen LogP contribution in [0.2, 0.25) is 5.02 Å². The van der Waals surface area contributed by atoms with E-state index in [2.05, 4.69) is 51.3 Å². The van der Waals surface area contributed by atoms with E-state index in [-0.39, 0.29) is 17.6 Å². The van der Waals surface area contributed by atoms with Crippen molar-refractivity contribution in [3.63, 3.8) is 0 Å². The maximum atomic E-state index is 12.7. The van der Waals surface area contributed by atoms with E-state index in [4.69, 9.17) is 11.6 Å². The number of nitrogens with zero attached hydrogens (tertiary/aromatic N) is 4. The average molecular weight is 441 g/mol. The molecule has 0 fully saturated rings. The number of nitrogens with one attached hydrogen (secondary N) is 2. The van der Waals surface area contributed by atoms with E-state index in [1.807, 2.05) is 18.2 Å². The highest BCUT2D eigenvalue weighted by molar-refractivity contribution is 6.32. The summed E-state index contributed by atoms with van der Waals surface area (Å²) < 4.78 is 0. The number of hydrogen-bond donors (Lipinski definition) is 2. The quantitative estimate of drug-likeness (QED) is 0.468. The molecule has 0 spiro atoms. The number of aromatic nitrogens is 3. The first-order valence-corrected chi connectivity index (χ1v) is 11.0. The van der Waals surface area contributed by atoms with Crippen LogP contribution in [0.4, 0.5) is 11.5 Å². The molecular formula is C23H29ClN6O. The third-order valence-electron chi connectivity index (χ3n) is 5.20. The highest BCUT2D eigenvalue weighted by Gasteiger charge is 2.13. The Hall–Kier alpha value is -2.77. The Bertz CT molecular complexity index is 1010. The standard InChI is InChI=1S/C23H29ClN6O/c1-4-30(5-2)11-7-8-16(3)28-21-15-26-20(14-27-21)23(31)29-19-13-18(24)12-17-9-6-10-25-22(17)19/h6,9-10,12-16H,4-5,7-8,11H2,1-3H3,(H,27,28)(H,29,31). The van der Waals surface area contributed by atoms with Gasteiger partial charge in [0, 0.05) is 22.6 Å². The lowest BCUT2D eigenvalue weighted by Crippen LogP contribution is -2.25. The van der Waals surface area contributed by atoms with E-state index in [1.54, 1.807) is 18.5 Å². The zero-order chi connectivity index (χ0) is 22.2.